The van der Waals surface area contributed by atoms with Crippen LogP contribution in [-0.4, -0.2) is 27.8 Å². The van der Waals surface area contributed by atoms with E-state index in [-0.39, 0.29) is 35.4 Å². The smallest absolute Gasteiger partial charge is 0.369 e. The van der Waals surface area contributed by atoms with Gasteiger partial charge in [0, 0.05) is 25.1 Å². The first-order chi connectivity index (χ1) is 14.6. The van der Waals surface area contributed by atoms with Gasteiger partial charge in [0.15, 0.2) is 0 Å². The van der Waals surface area contributed by atoms with Crippen molar-refractivity contribution in [1.82, 2.24) is 9.97 Å². The molecule has 2 amide bonds. The summed E-state index contributed by atoms with van der Waals surface area (Å²) >= 11 is 0. The summed E-state index contributed by atoms with van der Waals surface area (Å²) in [5.74, 6) is -1.28. The maximum absolute atomic E-state index is 13.5. The number of nitrogens with one attached hydrogen (secondary N) is 3. The lowest BCUT2D eigenvalue weighted by Crippen LogP contribution is -2.33. The minimum atomic E-state index is -4.68. The lowest BCUT2D eigenvalue weighted by molar-refractivity contribution is -0.137. The number of rotatable bonds is 6. The Morgan fingerprint density at radius 2 is 1.74 bits per heavy atom. The Bertz CT molecular complexity index is 958. The third kappa shape index (κ3) is 5.83. The molecule has 1 aliphatic carbocycles. The largest absolute Gasteiger partial charge is 0.421 e. The van der Waals surface area contributed by atoms with Crippen molar-refractivity contribution in [2.24, 2.45) is 11.7 Å². The second-order valence-electron chi connectivity index (χ2n) is 7.40. The van der Waals surface area contributed by atoms with Gasteiger partial charge in [-0.3, -0.25) is 9.59 Å². The predicted octanol–water partition coefficient (Wildman–Crippen LogP) is 3.65. The Morgan fingerprint density at radius 1 is 1.10 bits per heavy atom. The zero-order chi connectivity index (χ0) is 22.6. The van der Waals surface area contributed by atoms with E-state index < -0.39 is 17.6 Å². The van der Waals surface area contributed by atoms with E-state index in [0.717, 1.165) is 0 Å². The molecule has 31 heavy (non-hydrogen) atoms. The first-order valence-electron chi connectivity index (χ1n) is 9.77. The molecule has 1 saturated carbocycles. The van der Waals surface area contributed by atoms with Crippen LogP contribution in [0.5, 0.6) is 0 Å². The molecule has 0 saturated heterocycles. The molecule has 1 aliphatic rings. The molecule has 1 fully saturated rings. The Hall–Kier alpha value is -3.37. The molecule has 166 valence electrons. The highest BCUT2D eigenvalue weighted by molar-refractivity contribution is 5.93. The maximum atomic E-state index is 13.5. The number of halogens is 3. The lowest BCUT2D eigenvalue weighted by Gasteiger charge is -2.27. The molecule has 5 N–H and O–H groups in total. The van der Waals surface area contributed by atoms with Crippen LogP contribution in [0.4, 0.5) is 36.3 Å². The van der Waals surface area contributed by atoms with Crippen LogP contribution >= 0.6 is 0 Å². The SMILES string of the molecule is CC(=O)Nc1ccccc1Nc1nc(NC2CCC(C(N)=O)CC2)ncc1C(F)(F)F. The van der Waals surface area contributed by atoms with Gasteiger partial charge in [-0.25, -0.2) is 4.98 Å². The maximum Gasteiger partial charge on any atom is 0.421 e. The van der Waals surface area contributed by atoms with Crippen LogP contribution < -0.4 is 21.7 Å². The van der Waals surface area contributed by atoms with Crippen molar-refractivity contribution in [3.05, 3.63) is 36.0 Å². The summed E-state index contributed by atoms with van der Waals surface area (Å²) in [6, 6.07) is 6.29. The van der Waals surface area contributed by atoms with E-state index in [0.29, 0.717) is 37.6 Å². The van der Waals surface area contributed by atoms with E-state index in [1.807, 2.05) is 0 Å². The summed E-state index contributed by atoms with van der Waals surface area (Å²) in [6.45, 7) is 1.30. The molecular formula is C20H23F3N6O2. The third-order valence-electron chi connectivity index (χ3n) is 5.05. The molecule has 0 bridgehead atoms. The fraction of sp³-hybridized carbons (Fsp3) is 0.400. The average Bonchev–Trinajstić information content (AvgIpc) is 2.69. The molecule has 1 aromatic heterocycles. The zero-order valence-corrected chi connectivity index (χ0v) is 16.8. The zero-order valence-electron chi connectivity index (χ0n) is 16.8. The van der Waals surface area contributed by atoms with E-state index in [2.05, 4.69) is 25.9 Å². The number of benzene rings is 1. The number of alkyl halides is 3. The van der Waals surface area contributed by atoms with Crippen LogP contribution in [0.25, 0.3) is 0 Å². The second kappa shape index (κ2) is 9.19. The minimum Gasteiger partial charge on any atom is -0.369 e. The summed E-state index contributed by atoms with van der Waals surface area (Å²) < 4.78 is 40.6. The number of carbonyl (C=O) groups is 2. The summed E-state index contributed by atoms with van der Waals surface area (Å²) in [4.78, 5) is 30.6. The number of carbonyl (C=O) groups excluding carboxylic acids is 2. The van der Waals surface area contributed by atoms with Gasteiger partial charge in [-0.1, -0.05) is 12.1 Å². The third-order valence-corrected chi connectivity index (χ3v) is 5.05. The van der Waals surface area contributed by atoms with Crippen LogP contribution in [0, 0.1) is 5.92 Å². The molecule has 8 nitrogen and oxygen atoms in total. The molecule has 1 aromatic carbocycles. The number of hydrogen-bond acceptors (Lipinski definition) is 6. The van der Waals surface area contributed by atoms with Crippen LogP contribution in [0.1, 0.15) is 38.2 Å². The molecular weight excluding hydrogens is 413 g/mol. The van der Waals surface area contributed by atoms with Crippen LogP contribution in [0.2, 0.25) is 0 Å². The summed E-state index contributed by atoms with van der Waals surface area (Å²) in [5, 5.41) is 8.27. The van der Waals surface area contributed by atoms with Crippen LogP contribution in [0.15, 0.2) is 30.5 Å². The van der Waals surface area contributed by atoms with Crippen LogP contribution in [-0.2, 0) is 15.8 Å². The number of aromatic nitrogens is 2. The van der Waals surface area contributed by atoms with E-state index in [9.17, 15) is 22.8 Å². The van der Waals surface area contributed by atoms with Gasteiger partial charge in [-0.2, -0.15) is 18.2 Å². The van der Waals surface area contributed by atoms with E-state index >= 15 is 0 Å². The van der Waals surface area contributed by atoms with Crippen molar-refractivity contribution in [3.63, 3.8) is 0 Å². The van der Waals surface area contributed by atoms with Gasteiger partial charge in [0.25, 0.3) is 0 Å². The first kappa shape index (κ1) is 22.3. The second-order valence-corrected chi connectivity index (χ2v) is 7.40. The number of anilines is 4. The molecule has 0 spiro atoms. The standard InChI is InChI=1S/C20H23F3N6O2/c1-11(30)26-15-4-2-3-5-16(15)28-18-14(20(21,22)23)10-25-19(29-18)27-13-8-6-12(7-9-13)17(24)31/h2-5,10,12-13H,6-9H2,1H3,(H2,24,31)(H,26,30)(H2,25,27,28,29). The van der Waals surface area contributed by atoms with Gasteiger partial charge in [0.1, 0.15) is 11.4 Å². The molecule has 3 rings (SSSR count). The Kier molecular flexibility index (Phi) is 6.62. The number of nitrogens with zero attached hydrogens (tertiary/aromatic N) is 2. The molecule has 0 atom stereocenters. The topological polar surface area (TPSA) is 122 Å². The fourth-order valence-corrected chi connectivity index (χ4v) is 3.48. The van der Waals surface area contributed by atoms with E-state index in [4.69, 9.17) is 5.73 Å². The molecule has 0 aliphatic heterocycles. The van der Waals surface area contributed by atoms with Gasteiger partial charge in [0.2, 0.25) is 17.8 Å². The average molecular weight is 436 g/mol. The quantitative estimate of drug-likeness (QED) is 0.548. The number of para-hydroxylation sites is 2. The van der Waals surface area contributed by atoms with Crippen molar-refractivity contribution < 1.29 is 22.8 Å². The highest BCUT2D eigenvalue weighted by Crippen LogP contribution is 2.36. The van der Waals surface area contributed by atoms with Crippen molar-refractivity contribution in [3.8, 4) is 0 Å². The predicted molar refractivity (Wildman–Crippen MR) is 110 cm³/mol. The molecule has 2 aromatic rings. The van der Waals surface area contributed by atoms with E-state index in [1.165, 1.54) is 13.0 Å². The minimum absolute atomic E-state index is 0.0371. The Labute approximate surface area is 176 Å². The van der Waals surface area contributed by atoms with Crippen molar-refractivity contribution in [1.29, 1.82) is 0 Å². The Balaban J connectivity index is 1.84. The van der Waals surface area contributed by atoms with Crippen molar-refractivity contribution in [2.75, 3.05) is 16.0 Å². The number of hydrogen-bond donors (Lipinski definition) is 4. The first-order valence-corrected chi connectivity index (χ1v) is 9.77. The normalized spacial score (nSPS) is 18.8. The van der Waals surface area contributed by atoms with Gasteiger partial charge >= 0.3 is 6.18 Å². The number of primary amides is 1. The van der Waals surface area contributed by atoms with Gasteiger partial charge in [-0.05, 0) is 37.8 Å². The number of nitrogens with two attached hydrogens (primary N) is 1. The van der Waals surface area contributed by atoms with Crippen molar-refractivity contribution >= 4 is 35.0 Å². The highest BCUT2D eigenvalue weighted by Gasteiger charge is 2.36. The summed E-state index contributed by atoms with van der Waals surface area (Å²) in [5.41, 5.74) is 4.88. The molecule has 1 heterocycles. The Morgan fingerprint density at radius 3 is 2.32 bits per heavy atom. The fourth-order valence-electron chi connectivity index (χ4n) is 3.48. The molecule has 0 unspecified atom stereocenters. The summed E-state index contributed by atoms with van der Waals surface area (Å²) in [6.07, 6.45) is -1.50. The monoisotopic (exact) mass is 436 g/mol. The van der Waals surface area contributed by atoms with Crippen molar-refractivity contribution in [2.45, 2.75) is 44.8 Å². The van der Waals surface area contributed by atoms with Gasteiger partial charge in [-0.15, -0.1) is 0 Å². The van der Waals surface area contributed by atoms with Gasteiger partial charge in [0.05, 0.1) is 11.4 Å². The molecule has 11 heteroatoms. The van der Waals surface area contributed by atoms with Crippen LogP contribution in [0.3, 0.4) is 0 Å². The van der Waals surface area contributed by atoms with E-state index in [1.54, 1.807) is 18.2 Å². The number of amides is 2. The molecule has 0 radical (unpaired) electrons. The summed E-state index contributed by atoms with van der Waals surface area (Å²) in [7, 11) is 0. The van der Waals surface area contributed by atoms with Gasteiger partial charge < -0.3 is 21.7 Å². The lowest BCUT2D eigenvalue weighted by atomic mass is 9.86. The highest BCUT2D eigenvalue weighted by atomic mass is 19.4.